The standard InChI is InChI=1S/C19H19N5O3/c1-2-24(11-7-14-5-9-20-10-6-14)18(25)16(12-17(23-24)19(26)27)22-15-4-3-8-21-13-15/h3-6,8-10,12-13H,2,7,11H2,1H3,(H-,22,23,26,27). The van der Waals surface area contributed by atoms with Gasteiger partial charge in [0.05, 0.1) is 17.9 Å². The van der Waals surface area contributed by atoms with Crippen molar-refractivity contribution in [3.63, 3.8) is 0 Å². The van der Waals surface area contributed by atoms with Gasteiger partial charge in [-0.2, -0.15) is 0 Å². The van der Waals surface area contributed by atoms with Crippen LogP contribution in [0, 0.1) is 0 Å². The molecule has 0 fully saturated rings. The van der Waals surface area contributed by atoms with E-state index in [0.29, 0.717) is 25.2 Å². The highest BCUT2D eigenvalue weighted by Gasteiger charge is 2.42. The number of aromatic nitrogens is 2. The molecule has 8 nitrogen and oxygen atoms in total. The second kappa shape index (κ2) is 7.88. The number of carboxylic acid groups (broad SMARTS) is 1. The summed E-state index contributed by atoms with van der Waals surface area (Å²) in [4.78, 5) is 32.6. The molecule has 0 aliphatic carbocycles. The third kappa shape index (κ3) is 4.06. The zero-order valence-corrected chi connectivity index (χ0v) is 14.8. The lowest BCUT2D eigenvalue weighted by atomic mass is 10.1. The van der Waals surface area contributed by atoms with Crippen molar-refractivity contribution in [1.29, 1.82) is 0 Å². The highest BCUT2D eigenvalue weighted by molar-refractivity contribution is 6.40. The van der Waals surface area contributed by atoms with Crippen LogP contribution in [0.2, 0.25) is 0 Å². The quantitative estimate of drug-likeness (QED) is 0.716. The van der Waals surface area contributed by atoms with E-state index in [4.69, 9.17) is 0 Å². The van der Waals surface area contributed by atoms with E-state index in [1.807, 2.05) is 12.1 Å². The van der Waals surface area contributed by atoms with Crippen LogP contribution in [0.3, 0.4) is 0 Å². The summed E-state index contributed by atoms with van der Waals surface area (Å²) in [7, 11) is 0. The molecule has 3 rings (SSSR count). The summed E-state index contributed by atoms with van der Waals surface area (Å²) in [5, 5.41) is 18.6. The van der Waals surface area contributed by atoms with E-state index in [0.717, 1.165) is 5.56 Å². The normalized spacial score (nSPS) is 19.2. The largest absolute Gasteiger partial charge is 0.543 e. The Kier molecular flexibility index (Phi) is 5.37. The van der Waals surface area contributed by atoms with Crippen LogP contribution < -0.4 is 10.4 Å². The number of carbonyl (C=O) groups excluding carboxylic acids is 2. The van der Waals surface area contributed by atoms with E-state index in [-0.39, 0.29) is 21.9 Å². The zero-order valence-electron chi connectivity index (χ0n) is 14.8. The Bertz CT molecular complexity index is 896. The van der Waals surface area contributed by atoms with Crippen molar-refractivity contribution in [3.8, 4) is 0 Å². The molecule has 27 heavy (non-hydrogen) atoms. The van der Waals surface area contributed by atoms with Gasteiger partial charge in [-0.3, -0.25) is 9.97 Å². The van der Waals surface area contributed by atoms with E-state index >= 15 is 0 Å². The number of pyridine rings is 2. The summed E-state index contributed by atoms with van der Waals surface area (Å²) < 4.78 is -0.356. The summed E-state index contributed by atoms with van der Waals surface area (Å²) in [6, 6.07) is 7.17. The fourth-order valence-corrected chi connectivity index (χ4v) is 2.87. The second-order valence-electron chi connectivity index (χ2n) is 6.07. The molecule has 1 aliphatic heterocycles. The van der Waals surface area contributed by atoms with Crippen molar-refractivity contribution >= 4 is 23.3 Å². The second-order valence-corrected chi connectivity index (χ2v) is 6.07. The van der Waals surface area contributed by atoms with Gasteiger partial charge in [-0.1, -0.05) is 5.10 Å². The molecule has 2 aromatic rings. The van der Waals surface area contributed by atoms with Crippen molar-refractivity contribution in [3.05, 3.63) is 66.4 Å². The van der Waals surface area contributed by atoms with Crippen molar-refractivity contribution in [2.45, 2.75) is 13.3 Å². The Hall–Kier alpha value is -3.39. The van der Waals surface area contributed by atoms with Crippen LogP contribution in [-0.4, -0.2) is 45.2 Å². The lowest BCUT2D eigenvalue weighted by Gasteiger charge is -2.32. The molecule has 0 bridgehead atoms. The van der Waals surface area contributed by atoms with Crippen LogP contribution in [0.4, 0.5) is 5.69 Å². The van der Waals surface area contributed by atoms with Gasteiger partial charge in [0.15, 0.2) is 0 Å². The van der Waals surface area contributed by atoms with Crippen LogP contribution in [0.25, 0.3) is 0 Å². The van der Waals surface area contributed by atoms with Gasteiger partial charge in [-0.25, -0.2) is 4.79 Å². The molecule has 1 aliphatic rings. The Labute approximate surface area is 156 Å². The highest BCUT2D eigenvalue weighted by Crippen LogP contribution is 2.22. The molecule has 1 N–H and O–H groups in total. The maximum Gasteiger partial charge on any atom is 0.388 e. The first-order valence-corrected chi connectivity index (χ1v) is 8.55. The molecule has 0 aromatic carbocycles. The minimum absolute atomic E-state index is 0.147. The molecule has 0 saturated heterocycles. The Morgan fingerprint density at radius 2 is 1.96 bits per heavy atom. The third-order valence-corrected chi connectivity index (χ3v) is 4.38. The molecule has 0 spiro atoms. The number of amides is 1. The lowest BCUT2D eigenvalue weighted by molar-refractivity contribution is -0.857. The molecule has 0 radical (unpaired) electrons. The van der Waals surface area contributed by atoms with Crippen molar-refractivity contribution in [2.24, 2.45) is 5.10 Å². The number of nitrogens with zero attached hydrogens (tertiary/aromatic N) is 4. The van der Waals surface area contributed by atoms with Crippen LogP contribution >= 0.6 is 0 Å². The minimum atomic E-state index is -1.42. The first-order valence-electron chi connectivity index (χ1n) is 8.55. The molecule has 138 valence electrons. The number of hydrogen-bond acceptors (Lipinski definition) is 7. The first kappa shape index (κ1) is 18.4. The first-order chi connectivity index (χ1) is 13.0. The summed E-state index contributed by atoms with van der Waals surface area (Å²) in [5.41, 5.74) is 1.46. The highest BCUT2D eigenvalue weighted by atomic mass is 16.4. The maximum atomic E-state index is 13.2. The molecule has 3 heterocycles. The monoisotopic (exact) mass is 365 g/mol. The van der Waals surface area contributed by atoms with Gasteiger partial charge in [0.25, 0.3) is 0 Å². The molecule has 1 unspecified atom stereocenters. The zero-order chi connectivity index (χ0) is 19.3. The van der Waals surface area contributed by atoms with E-state index in [1.165, 1.54) is 6.08 Å². The van der Waals surface area contributed by atoms with E-state index < -0.39 is 5.97 Å². The topological polar surface area (TPSA) is 107 Å². The van der Waals surface area contributed by atoms with Gasteiger partial charge in [-0.15, -0.1) is 4.59 Å². The number of anilines is 1. The SMILES string of the molecule is CC[N+]1(CCc2ccncc2)N=C(C(=O)[O-])C=C(Nc2cccnc2)C1=O. The fraction of sp³-hybridized carbons (Fsp3) is 0.211. The predicted octanol–water partition coefficient (Wildman–Crippen LogP) is 0.498. The Morgan fingerprint density at radius 1 is 1.19 bits per heavy atom. The number of carboxylic acids is 1. The van der Waals surface area contributed by atoms with Crippen LogP contribution in [-0.2, 0) is 16.0 Å². The van der Waals surface area contributed by atoms with Gasteiger partial charge in [0, 0.05) is 31.1 Å². The maximum absolute atomic E-state index is 13.2. The van der Waals surface area contributed by atoms with Crippen molar-refractivity contribution in [2.75, 3.05) is 18.4 Å². The molecule has 0 saturated carbocycles. The number of quaternary nitrogens is 1. The number of likely N-dealkylation sites (N-methyl/N-ethyl adjacent to an activating group) is 1. The summed E-state index contributed by atoms with van der Waals surface area (Å²) in [5.74, 6) is -1.73. The number of hydrogen-bond donors (Lipinski definition) is 1. The van der Waals surface area contributed by atoms with Crippen molar-refractivity contribution < 1.29 is 19.3 Å². The number of carbonyl (C=O) groups is 2. The number of aliphatic carboxylic acids is 1. The Morgan fingerprint density at radius 3 is 2.59 bits per heavy atom. The third-order valence-electron chi connectivity index (χ3n) is 4.38. The van der Waals surface area contributed by atoms with E-state index in [2.05, 4.69) is 20.4 Å². The summed E-state index contributed by atoms with van der Waals surface area (Å²) >= 11 is 0. The molecule has 2 aromatic heterocycles. The van der Waals surface area contributed by atoms with Gasteiger partial charge >= 0.3 is 5.91 Å². The molecular weight excluding hydrogens is 346 g/mol. The Balaban J connectivity index is 1.91. The summed E-state index contributed by atoms with van der Waals surface area (Å²) in [6.07, 6.45) is 8.27. The van der Waals surface area contributed by atoms with E-state index in [1.54, 1.807) is 43.8 Å². The smallest absolute Gasteiger partial charge is 0.388 e. The molecule has 1 amide bonds. The average molecular weight is 365 g/mol. The van der Waals surface area contributed by atoms with Gasteiger partial charge in [-0.05, 0) is 36.8 Å². The van der Waals surface area contributed by atoms with Crippen LogP contribution in [0.15, 0.2) is 65.9 Å². The van der Waals surface area contributed by atoms with Crippen LogP contribution in [0.5, 0.6) is 0 Å². The van der Waals surface area contributed by atoms with Crippen molar-refractivity contribution in [1.82, 2.24) is 9.97 Å². The lowest BCUT2D eigenvalue weighted by Crippen LogP contribution is -2.55. The number of rotatable bonds is 7. The average Bonchev–Trinajstić information content (AvgIpc) is 2.70. The van der Waals surface area contributed by atoms with Gasteiger partial charge < -0.3 is 15.2 Å². The van der Waals surface area contributed by atoms with Gasteiger partial charge in [0.1, 0.15) is 24.5 Å². The van der Waals surface area contributed by atoms with Crippen LogP contribution in [0.1, 0.15) is 12.5 Å². The number of nitrogens with one attached hydrogen (secondary N) is 1. The fourth-order valence-electron chi connectivity index (χ4n) is 2.87. The van der Waals surface area contributed by atoms with Gasteiger partial charge in [0.2, 0.25) is 0 Å². The van der Waals surface area contributed by atoms with E-state index in [9.17, 15) is 14.7 Å². The summed E-state index contributed by atoms with van der Waals surface area (Å²) in [6.45, 7) is 2.43. The molecule has 1 atom stereocenters. The molecular formula is C19H19N5O3. The molecule has 8 heteroatoms. The predicted molar refractivity (Wildman–Crippen MR) is 97.0 cm³/mol. The minimum Gasteiger partial charge on any atom is -0.543 e.